The van der Waals surface area contributed by atoms with E-state index in [4.69, 9.17) is 4.74 Å². The summed E-state index contributed by atoms with van der Waals surface area (Å²) in [5.41, 5.74) is 0. The van der Waals surface area contributed by atoms with E-state index in [0.29, 0.717) is 6.61 Å². The van der Waals surface area contributed by atoms with Crippen molar-refractivity contribution in [3.63, 3.8) is 0 Å². The van der Waals surface area contributed by atoms with Gasteiger partial charge in [0.05, 0.1) is 6.61 Å². The van der Waals surface area contributed by atoms with E-state index >= 15 is 0 Å². The second-order valence-electron chi connectivity index (χ2n) is 3.79. The van der Waals surface area contributed by atoms with Crippen LogP contribution in [-0.4, -0.2) is 18.9 Å². The quantitative estimate of drug-likeness (QED) is 0.437. The van der Waals surface area contributed by atoms with Crippen molar-refractivity contribution < 1.29 is 14.3 Å². The molecule has 0 fully saturated rings. The molecule has 0 aromatic carbocycles. The fourth-order valence-corrected chi connectivity index (χ4v) is 1.45. The van der Waals surface area contributed by atoms with Gasteiger partial charge in [-0.2, -0.15) is 0 Å². The topological polar surface area (TPSA) is 43.4 Å². The summed E-state index contributed by atoms with van der Waals surface area (Å²) < 4.78 is 4.79. The Labute approximate surface area is 92.2 Å². The van der Waals surface area contributed by atoms with E-state index in [1.807, 2.05) is 0 Å². The highest BCUT2D eigenvalue weighted by Gasteiger charge is 2.07. The van der Waals surface area contributed by atoms with Crippen LogP contribution in [0.3, 0.4) is 0 Å². The van der Waals surface area contributed by atoms with Crippen LogP contribution in [0.2, 0.25) is 0 Å². The molecule has 3 nitrogen and oxygen atoms in total. The molecule has 0 amide bonds. The van der Waals surface area contributed by atoms with Gasteiger partial charge >= 0.3 is 5.97 Å². The zero-order valence-electron chi connectivity index (χ0n) is 9.75. The molecule has 0 aliphatic heterocycles. The van der Waals surface area contributed by atoms with Crippen molar-refractivity contribution in [1.29, 1.82) is 0 Å². The van der Waals surface area contributed by atoms with Gasteiger partial charge in [0.1, 0.15) is 0 Å². The highest BCUT2D eigenvalue weighted by atomic mass is 16.5. The number of rotatable bonds is 9. The van der Waals surface area contributed by atoms with Gasteiger partial charge in [-0.15, -0.1) is 0 Å². The average Bonchev–Trinajstić information content (AvgIpc) is 2.21. The number of carbonyl (C=O) groups excluding carboxylic acids is 2. The van der Waals surface area contributed by atoms with E-state index < -0.39 is 0 Å². The minimum Gasteiger partial charge on any atom is -0.466 e. The second-order valence-corrected chi connectivity index (χ2v) is 3.79. The van der Waals surface area contributed by atoms with Crippen LogP contribution in [0.25, 0.3) is 0 Å². The van der Waals surface area contributed by atoms with Crippen LogP contribution >= 0.6 is 0 Å². The summed E-state index contributed by atoms with van der Waals surface area (Å²) in [5, 5.41) is 0. The van der Waals surface area contributed by atoms with Gasteiger partial charge in [-0.05, 0) is 19.3 Å². The van der Waals surface area contributed by atoms with Gasteiger partial charge in [-0.1, -0.05) is 26.2 Å². The largest absolute Gasteiger partial charge is 0.466 e. The highest BCUT2D eigenvalue weighted by molar-refractivity contribution is 5.65. The van der Waals surface area contributed by atoms with Crippen molar-refractivity contribution in [3.8, 4) is 0 Å². The summed E-state index contributed by atoms with van der Waals surface area (Å²) in [6.45, 7) is 3.95. The lowest BCUT2D eigenvalue weighted by Crippen LogP contribution is -2.06. The first-order valence-electron chi connectivity index (χ1n) is 5.71. The summed E-state index contributed by atoms with van der Waals surface area (Å²) in [4.78, 5) is 21.1. The zero-order valence-corrected chi connectivity index (χ0v) is 9.75. The summed E-state index contributed by atoms with van der Waals surface area (Å²) in [6.07, 6.45) is 7.93. The predicted octanol–water partition coefficient (Wildman–Crippen LogP) is 2.64. The van der Waals surface area contributed by atoms with E-state index in [1.54, 1.807) is 0 Å². The summed E-state index contributed by atoms with van der Waals surface area (Å²) in [5.74, 6) is -0.236. The van der Waals surface area contributed by atoms with Crippen molar-refractivity contribution in [2.75, 3.05) is 6.61 Å². The maximum Gasteiger partial charge on any atom is 0.302 e. The summed E-state index contributed by atoms with van der Waals surface area (Å²) in [7, 11) is 0. The monoisotopic (exact) mass is 213 g/mol. The van der Waals surface area contributed by atoms with Crippen LogP contribution in [0.1, 0.15) is 52.4 Å². The average molecular weight is 213 g/mol. The summed E-state index contributed by atoms with van der Waals surface area (Å²) in [6, 6.07) is 0. The van der Waals surface area contributed by atoms with Crippen LogP contribution in [0, 0.1) is 5.92 Å². The molecule has 0 aromatic rings. The molecule has 0 N–H and O–H groups in total. The molecule has 0 heterocycles. The Hall–Kier alpha value is -0.860. The fraction of sp³-hybridized carbons (Fsp3) is 0.833. The Morgan fingerprint density at radius 1 is 1.27 bits per heavy atom. The van der Waals surface area contributed by atoms with Crippen LogP contribution in [0.5, 0.6) is 0 Å². The van der Waals surface area contributed by atoms with Gasteiger partial charge in [-0.3, -0.25) is 9.59 Å². The Morgan fingerprint density at radius 2 is 1.93 bits per heavy atom. The zero-order chi connectivity index (χ0) is 11.5. The predicted molar refractivity (Wildman–Crippen MR) is 59.2 cm³/mol. The third-order valence-corrected chi connectivity index (χ3v) is 2.33. The van der Waals surface area contributed by atoms with Crippen LogP contribution in [0.15, 0.2) is 0 Å². The molecule has 0 spiro atoms. The van der Waals surface area contributed by atoms with Gasteiger partial charge in [0.25, 0.3) is 0 Å². The standard InChI is InChI=1S/C12H21O3/c1-3-4-5-7-12(10-13)8-6-9-15-11(2)14/h12H,3-9H2,1-2H3. The molecule has 3 heteroatoms. The molecule has 0 aliphatic rings. The first-order chi connectivity index (χ1) is 7.20. The lowest BCUT2D eigenvalue weighted by atomic mass is 9.98. The highest BCUT2D eigenvalue weighted by Crippen LogP contribution is 2.13. The Bertz CT molecular complexity index is 178. The lowest BCUT2D eigenvalue weighted by Gasteiger charge is -2.08. The van der Waals surface area contributed by atoms with E-state index in [0.717, 1.165) is 25.7 Å². The Balaban J connectivity index is 3.43. The molecule has 0 saturated heterocycles. The van der Waals surface area contributed by atoms with Crippen LogP contribution in [0.4, 0.5) is 0 Å². The molecule has 0 rings (SSSR count). The number of unbranched alkanes of at least 4 members (excludes halogenated alkanes) is 2. The van der Waals surface area contributed by atoms with Gasteiger partial charge in [0.2, 0.25) is 6.29 Å². The first kappa shape index (κ1) is 14.1. The smallest absolute Gasteiger partial charge is 0.302 e. The van der Waals surface area contributed by atoms with Crippen molar-refractivity contribution in [3.05, 3.63) is 0 Å². The molecule has 1 unspecified atom stereocenters. The van der Waals surface area contributed by atoms with Gasteiger partial charge in [-0.25, -0.2) is 0 Å². The number of esters is 1. The Kier molecular flexibility index (Phi) is 9.13. The molecular weight excluding hydrogens is 192 g/mol. The van der Waals surface area contributed by atoms with Gasteiger partial charge < -0.3 is 4.74 Å². The lowest BCUT2D eigenvalue weighted by molar-refractivity contribution is -0.141. The normalized spacial score (nSPS) is 12.1. The second kappa shape index (κ2) is 9.69. The van der Waals surface area contributed by atoms with E-state index in [1.165, 1.54) is 19.8 Å². The van der Waals surface area contributed by atoms with Crippen molar-refractivity contribution in [1.82, 2.24) is 0 Å². The molecule has 1 radical (unpaired) electrons. The first-order valence-corrected chi connectivity index (χ1v) is 5.71. The molecule has 0 saturated carbocycles. The molecule has 0 aromatic heterocycles. The SMILES string of the molecule is CCCCCC([C]=O)CCCOC(C)=O. The maximum absolute atomic E-state index is 10.6. The van der Waals surface area contributed by atoms with Gasteiger partial charge in [0.15, 0.2) is 0 Å². The number of carbonyl (C=O) groups is 1. The van der Waals surface area contributed by atoms with E-state index in [2.05, 4.69) is 13.2 Å². The maximum atomic E-state index is 10.6. The number of hydrogen-bond donors (Lipinski definition) is 0. The van der Waals surface area contributed by atoms with Crippen molar-refractivity contribution in [2.24, 2.45) is 5.92 Å². The van der Waals surface area contributed by atoms with Crippen molar-refractivity contribution >= 4 is 12.3 Å². The minimum atomic E-state index is -0.257. The third-order valence-electron chi connectivity index (χ3n) is 2.33. The third kappa shape index (κ3) is 9.44. The molecule has 1 atom stereocenters. The minimum absolute atomic E-state index is 0.0205. The van der Waals surface area contributed by atoms with Gasteiger partial charge in [0, 0.05) is 12.8 Å². The van der Waals surface area contributed by atoms with Crippen LogP contribution < -0.4 is 0 Å². The summed E-state index contributed by atoms with van der Waals surface area (Å²) >= 11 is 0. The molecular formula is C12H21O3. The molecule has 0 aliphatic carbocycles. The van der Waals surface area contributed by atoms with Crippen molar-refractivity contribution in [2.45, 2.75) is 52.4 Å². The fourth-order valence-electron chi connectivity index (χ4n) is 1.45. The molecule has 87 valence electrons. The van der Waals surface area contributed by atoms with Crippen LogP contribution in [-0.2, 0) is 14.3 Å². The number of hydrogen-bond acceptors (Lipinski definition) is 3. The Morgan fingerprint density at radius 3 is 2.47 bits per heavy atom. The van der Waals surface area contributed by atoms with E-state index in [9.17, 15) is 9.59 Å². The van der Waals surface area contributed by atoms with E-state index in [-0.39, 0.29) is 11.9 Å². The molecule has 0 bridgehead atoms. The molecule has 15 heavy (non-hydrogen) atoms. The number of ether oxygens (including phenoxy) is 1.